The molecule has 1 aliphatic carbocycles. The second-order valence-electron chi connectivity index (χ2n) is 9.30. The van der Waals surface area contributed by atoms with Gasteiger partial charge in [-0.05, 0) is 47.8 Å². The maximum atomic E-state index is 2.52. The minimum absolute atomic E-state index is 0.587. The second-order valence-corrected chi connectivity index (χ2v) is 9.30. The highest BCUT2D eigenvalue weighted by Crippen LogP contribution is 2.46. The summed E-state index contributed by atoms with van der Waals surface area (Å²) in [7, 11) is 0. The van der Waals surface area contributed by atoms with Gasteiger partial charge in [0.05, 0.1) is 0 Å². The summed E-state index contributed by atoms with van der Waals surface area (Å²) in [6.45, 7) is 17.2. The van der Waals surface area contributed by atoms with E-state index in [2.05, 4.69) is 48.5 Å². The van der Waals surface area contributed by atoms with Crippen LogP contribution in [0.1, 0.15) is 99.8 Å². The molecule has 126 valence electrons. The van der Waals surface area contributed by atoms with Crippen LogP contribution in [0.4, 0.5) is 0 Å². The molecule has 0 radical (unpaired) electrons. The summed E-state index contributed by atoms with van der Waals surface area (Å²) >= 11 is 0. The molecule has 21 heavy (non-hydrogen) atoms. The minimum atomic E-state index is 0.587. The Balaban J connectivity index is 2.27. The Morgan fingerprint density at radius 2 is 1.67 bits per heavy atom. The van der Waals surface area contributed by atoms with E-state index in [0.717, 1.165) is 29.6 Å². The van der Waals surface area contributed by atoms with Gasteiger partial charge in [-0.25, -0.2) is 0 Å². The Morgan fingerprint density at radius 3 is 2.24 bits per heavy atom. The first kappa shape index (κ1) is 19.0. The van der Waals surface area contributed by atoms with E-state index >= 15 is 0 Å². The van der Waals surface area contributed by atoms with E-state index in [-0.39, 0.29) is 0 Å². The normalized spacial score (nSPS) is 28.6. The van der Waals surface area contributed by atoms with Crippen LogP contribution in [0, 0.1) is 35.0 Å². The van der Waals surface area contributed by atoms with E-state index in [1.54, 1.807) is 0 Å². The summed E-state index contributed by atoms with van der Waals surface area (Å²) in [6, 6.07) is 0. The first-order valence-electron chi connectivity index (χ1n) is 9.74. The van der Waals surface area contributed by atoms with Crippen molar-refractivity contribution in [1.29, 1.82) is 0 Å². The Bertz CT molecular complexity index is 276. The van der Waals surface area contributed by atoms with Crippen LogP contribution >= 0.6 is 0 Å². The number of hydrogen-bond donors (Lipinski definition) is 0. The molecule has 0 amide bonds. The maximum Gasteiger partial charge on any atom is -0.0323 e. The molecule has 1 rings (SSSR count). The molecule has 0 bridgehead atoms. The highest BCUT2D eigenvalue weighted by molar-refractivity contribution is 4.86. The van der Waals surface area contributed by atoms with Gasteiger partial charge in [-0.3, -0.25) is 0 Å². The zero-order chi connectivity index (χ0) is 16.0. The van der Waals surface area contributed by atoms with Crippen molar-refractivity contribution in [2.24, 2.45) is 35.0 Å². The summed E-state index contributed by atoms with van der Waals surface area (Å²) in [6.07, 6.45) is 11.6. The van der Waals surface area contributed by atoms with Gasteiger partial charge in [0.2, 0.25) is 0 Å². The Labute approximate surface area is 135 Å². The summed E-state index contributed by atoms with van der Waals surface area (Å²) in [5.41, 5.74) is 0.587. The summed E-state index contributed by atoms with van der Waals surface area (Å²) in [4.78, 5) is 0. The van der Waals surface area contributed by atoms with Gasteiger partial charge in [0.1, 0.15) is 0 Å². The molecule has 1 aliphatic rings. The molecular weight excluding hydrogens is 252 g/mol. The third kappa shape index (κ3) is 6.33. The summed E-state index contributed by atoms with van der Waals surface area (Å²) in [5.74, 6) is 4.58. The van der Waals surface area contributed by atoms with Crippen molar-refractivity contribution in [3.05, 3.63) is 0 Å². The molecule has 1 fully saturated rings. The molecule has 0 saturated heterocycles. The molecule has 0 aromatic heterocycles. The van der Waals surface area contributed by atoms with Gasteiger partial charge in [0.15, 0.2) is 0 Å². The summed E-state index contributed by atoms with van der Waals surface area (Å²) < 4.78 is 0. The van der Waals surface area contributed by atoms with Crippen LogP contribution in [-0.4, -0.2) is 0 Å². The first-order chi connectivity index (χ1) is 9.74. The van der Waals surface area contributed by atoms with Crippen LogP contribution in [-0.2, 0) is 0 Å². The van der Waals surface area contributed by atoms with Gasteiger partial charge in [-0.1, -0.05) is 87.0 Å². The van der Waals surface area contributed by atoms with Crippen LogP contribution in [0.25, 0.3) is 0 Å². The van der Waals surface area contributed by atoms with Gasteiger partial charge >= 0.3 is 0 Å². The fraction of sp³-hybridized carbons (Fsp3) is 1.00. The third-order valence-electron chi connectivity index (χ3n) is 6.64. The predicted molar refractivity (Wildman–Crippen MR) is 96.5 cm³/mol. The Kier molecular flexibility index (Phi) is 7.79. The average Bonchev–Trinajstić information content (AvgIpc) is 2.37. The van der Waals surface area contributed by atoms with Gasteiger partial charge in [-0.15, -0.1) is 0 Å². The van der Waals surface area contributed by atoms with Gasteiger partial charge < -0.3 is 0 Å². The molecule has 0 heteroatoms. The molecule has 0 spiro atoms. The third-order valence-corrected chi connectivity index (χ3v) is 6.64. The number of rotatable bonds is 8. The highest BCUT2D eigenvalue weighted by Gasteiger charge is 2.36. The molecule has 0 aromatic carbocycles. The molecular formula is C21H42. The van der Waals surface area contributed by atoms with E-state index in [4.69, 9.17) is 0 Å². The Hall–Kier alpha value is 0. The van der Waals surface area contributed by atoms with Crippen LogP contribution < -0.4 is 0 Å². The lowest BCUT2D eigenvalue weighted by molar-refractivity contribution is 0.0706. The topological polar surface area (TPSA) is 0 Å². The van der Waals surface area contributed by atoms with Crippen LogP contribution in [0.5, 0.6) is 0 Å². The molecule has 0 nitrogen and oxygen atoms in total. The molecule has 4 unspecified atom stereocenters. The fourth-order valence-corrected chi connectivity index (χ4v) is 4.44. The molecule has 0 heterocycles. The van der Waals surface area contributed by atoms with Gasteiger partial charge in [0.25, 0.3) is 0 Å². The van der Waals surface area contributed by atoms with Crippen LogP contribution in [0.3, 0.4) is 0 Å². The van der Waals surface area contributed by atoms with E-state index < -0.39 is 0 Å². The van der Waals surface area contributed by atoms with Crippen molar-refractivity contribution in [2.45, 2.75) is 99.8 Å². The smallest absolute Gasteiger partial charge is 0.0323 e. The maximum absolute atomic E-state index is 2.52. The Morgan fingerprint density at radius 1 is 1.00 bits per heavy atom. The first-order valence-corrected chi connectivity index (χ1v) is 9.74. The monoisotopic (exact) mass is 294 g/mol. The van der Waals surface area contributed by atoms with Gasteiger partial charge in [0, 0.05) is 0 Å². The molecule has 0 N–H and O–H groups in total. The standard InChI is InChI=1S/C21H42/c1-16(2)18(4)11-8-10-17(3)13-14-20-19(5)12-9-15-21(20,6)7/h16-20H,8-15H2,1-7H3. The van der Waals surface area contributed by atoms with Crippen LogP contribution in [0.15, 0.2) is 0 Å². The SMILES string of the molecule is CC(CCCC(C)C(C)C)CCC1C(C)CCCC1(C)C. The van der Waals surface area contributed by atoms with E-state index in [1.807, 2.05) is 0 Å². The lowest BCUT2D eigenvalue weighted by Crippen LogP contribution is -2.33. The number of hydrogen-bond acceptors (Lipinski definition) is 0. The van der Waals surface area contributed by atoms with Crippen molar-refractivity contribution in [3.8, 4) is 0 Å². The fourth-order valence-electron chi connectivity index (χ4n) is 4.44. The van der Waals surface area contributed by atoms with Crippen molar-refractivity contribution >= 4 is 0 Å². The van der Waals surface area contributed by atoms with Crippen molar-refractivity contribution < 1.29 is 0 Å². The van der Waals surface area contributed by atoms with E-state index in [9.17, 15) is 0 Å². The predicted octanol–water partition coefficient (Wildman–Crippen LogP) is 7.33. The lowest BCUT2D eigenvalue weighted by atomic mass is 9.62. The van der Waals surface area contributed by atoms with Crippen molar-refractivity contribution in [1.82, 2.24) is 0 Å². The largest absolute Gasteiger partial charge is 0.0625 e. The summed E-state index contributed by atoms with van der Waals surface area (Å²) in [5, 5.41) is 0. The van der Waals surface area contributed by atoms with E-state index in [1.165, 1.54) is 51.4 Å². The van der Waals surface area contributed by atoms with E-state index in [0.29, 0.717) is 5.41 Å². The van der Waals surface area contributed by atoms with Crippen LogP contribution in [0.2, 0.25) is 0 Å². The molecule has 1 saturated carbocycles. The lowest BCUT2D eigenvalue weighted by Gasteiger charge is -2.43. The molecule has 4 atom stereocenters. The van der Waals surface area contributed by atoms with Gasteiger partial charge in [-0.2, -0.15) is 0 Å². The zero-order valence-electron chi connectivity index (χ0n) is 16.0. The minimum Gasteiger partial charge on any atom is -0.0625 e. The zero-order valence-corrected chi connectivity index (χ0v) is 16.0. The average molecular weight is 295 g/mol. The van der Waals surface area contributed by atoms with Crippen molar-refractivity contribution in [2.75, 3.05) is 0 Å². The molecule has 0 aromatic rings. The second kappa shape index (κ2) is 8.59. The quantitative estimate of drug-likeness (QED) is 0.439. The highest BCUT2D eigenvalue weighted by atomic mass is 14.4. The van der Waals surface area contributed by atoms with Crippen molar-refractivity contribution in [3.63, 3.8) is 0 Å². The molecule has 0 aliphatic heterocycles.